The molecule has 0 aromatic carbocycles. The summed E-state index contributed by atoms with van der Waals surface area (Å²) in [5.41, 5.74) is -1.71. The Morgan fingerprint density at radius 3 is 2.06 bits per heavy atom. The Bertz CT molecular complexity index is 1060. The smallest absolute Gasteiger partial charge is 0.253 e. The van der Waals surface area contributed by atoms with E-state index in [-0.39, 0.29) is 42.9 Å². The molecule has 0 bridgehead atoms. The zero-order valence-corrected chi connectivity index (χ0v) is 31.7. The lowest BCUT2D eigenvalue weighted by atomic mass is 9.88. The number of carbonyl (C=O) groups excluding carboxylic acids is 6. The van der Waals surface area contributed by atoms with E-state index in [4.69, 9.17) is 9.47 Å². The second-order valence-electron chi connectivity index (χ2n) is 13.5. The van der Waals surface area contributed by atoms with Crippen LogP contribution in [0.4, 0.5) is 0 Å². The van der Waals surface area contributed by atoms with Gasteiger partial charge in [0.25, 0.3) is 11.8 Å². The zero-order chi connectivity index (χ0) is 36.8. The number of carbonyl (C=O) groups is 6. The lowest BCUT2D eigenvalue weighted by Gasteiger charge is -2.29. The number of ether oxygens (including phenoxy) is 2. The van der Waals surface area contributed by atoms with Crippen LogP contribution in [0.15, 0.2) is 12.2 Å². The van der Waals surface area contributed by atoms with E-state index in [1.54, 1.807) is 18.7 Å². The lowest BCUT2D eigenvalue weighted by Crippen LogP contribution is -2.47. The van der Waals surface area contributed by atoms with E-state index in [1.165, 1.54) is 12.2 Å². The minimum Gasteiger partial charge on any atom is -0.379 e. The van der Waals surface area contributed by atoms with Gasteiger partial charge in [0.2, 0.25) is 17.7 Å². The van der Waals surface area contributed by atoms with Gasteiger partial charge < -0.3 is 25.4 Å². The number of Topliss-reactive ketones (excluding diaryl/α,β-unsaturated/α-hetero) is 1. The Kier molecular flexibility index (Phi) is 22.2. The van der Waals surface area contributed by atoms with Gasteiger partial charge in [-0.15, -0.1) is 0 Å². The van der Waals surface area contributed by atoms with Crippen molar-refractivity contribution >= 4 is 47.1 Å². The van der Waals surface area contributed by atoms with Crippen LogP contribution in [0, 0.1) is 5.41 Å². The van der Waals surface area contributed by atoms with Gasteiger partial charge in [-0.2, -0.15) is 11.8 Å². The van der Waals surface area contributed by atoms with Crippen molar-refractivity contribution in [2.45, 2.75) is 118 Å². The van der Waals surface area contributed by atoms with Gasteiger partial charge in [-0.05, 0) is 66.1 Å². The first kappa shape index (κ1) is 45.2. The highest BCUT2D eigenvalue weighted by atomic mass is 32.2. The zero-order valence-electron chi connectivity index (χ0n) is 30.9. The molecule has 276 valence electrons. The van der Waals surface area contributed by atoms with Gasteiger partial charge >= 0.3 is 0 Å². The van der Waals surface area contributed by atoms with Crippen LogP contribution in [-0.4, -0.2) is 102 Å². The van der Waals surface area contributed by atoms with E-state index in [1.807, 2.05) is 55.4 Å². The van der Waals surface area contributed by atoms with Crippen LogP contribution in [0.3, 0.4) is 0 Å². The third kappa shape index (κ3) is 21.3. The highest BCUT2D eigenvalue weighted by Crippen LogP contribution is 2.23. The van der Waals surface area contributed by atoms with Crippen molar-refractivity contribution in [2.75, 3.05) is 51.0 Å². The predicted octanol–water partition coefficient (Wildman–Crippen LogP) is 3.96. The third-order valence-electron chi connectivity index (χ3n) is 7.33. The van der Waals surface area contributed by atoms with Crippen LogP contribution in [0.2, 0.25) is 0 Å². The molecule has 1 rings (SSSR count). The number of imide groups is 1. The van der Waals surface area contributed by atoms with Gasteiger partial charge in [0.1, 0.15) is 5.78 Å². The molecule has 13 heteroatoms. The largest absolute Gasteiger partial charge is 0.379 e. The quantitative estimate of drug-likeness (QED) is 0.0948. The van der Waals surface area contributed by atoms with Crippen LogP contribution in [0.5, 0.6) is 0 Å². The fourth-order valence-electron chi connectivity index (χ4n) is 4.30. The summed E-state index contributed by atoms with van der Waals surface area (Å²) < 4.78 is 11.8. The minimum absolute atomic E-state index is 0.0346. The average molecular weight is 699 g/mol. The van der Waals surface area contributed by atoms with Crippen molar-refractivity contribution in [3.63, 3.8) is 0 Å². The minimum atomic E-state index is -0.670. The standard InChI is InChI=1S/C33H56N4O8S.C2H6/c1-25(38)14-23-46-22-9-20-44-24-32(4,5)36-27(40)10-8-17-35-30(43)31(2,3)16-21-45-33(6,7)15-18-34-26(39)13-19-37-28(41)11-12-29(37)42;1-2/h11-12H,8-10,13-24H2,1-7H3,(H,34,39)(H,35,43)(H,36,40);1-2H3. The van der Waals surface area contributed by atoms with Crippen LogP contribution in [0.25, 0.3) is 0 Å². The normalized spacial score (nSPS) is 13.2. The second kappa shape index (κ2) is 23.6. The summed E-state index contributed by atoms with van der Waals surface area (Å²) in [6.45, 7) is 19.1. The molecule has 48 heavy (non-hydrogen) atoms. The maximum Gasteiger partial charge on any atom is 0.253 e. The van der Waals surface area contributed by atoms with Crippen molar-refractivity contribution in [3.8, 4) is 0 Å². The summed E-state index contributed by atoms with van der Waals surface area (Å²) in [5.74, 6) is 0.703. The molecule has 0 spiro atoms. The van der Waals surface area contributed by atoms with E-state index in [0.717, 1.165) is 22.8 Å². The van der Waals surface area contributed by atoms with Crippen molar-refractivity contribution in [2.24, 2.45) is 5.41 Å². The number of hydrogen-bond acceptors (Lipinski definition) is 9. The Labute approximate surface area is 292 Å². The summed E-state index contributed by atoms with van der Waals surface area (Å²) in [4.78, 5) is 72.5. The van der Waals surface area contributed by atoms with Gasteiger partial charge in [-0.1, -0.05) is 27.7 Å². The number of nitrogens with zero attached hydrogens (tertiary/aromatic N) is 1. The van der Waals surface area contributed by atoms with Crippen molar-refractivity contribution in [1.82, 2.24) is 20.9 Å². The molecule has 5 amide bonds. The maximum absolute atomic E-state index is 12.8. The molecule has 0 radical (unpaired) electrons. The Hall–Kier alpha value is -2.77. The van der Waals surface area contributed by atoms with Crippen LogP contribution >= 0.6 is 11.8 Å². The Balaban J connectivity index is 0.0000108. The Morgan fingerprint density at radius 2 is 1.44 bits per heavy atom. The predicted molar refractivity (Wildman–Crippen MR) is 190 cm³/mol. The first-order chi connectivity index (χ1) is 22.4. The number of nitrogens with one attached hydrogen (secondary N) is 3. The van der Waals surface area contributed by atoms with E-state index in [2.05, 4.69) is 16.0 Å². The summed E-state index contributed by atoms with van der Waals surface area (Å²) in [6.07, 6.45) is 5.74. The second-order valence-corrected chi connectivity index (χ2v) is 14.7. The van der Waals surface area contributed by atoms with E-state index >= 15 is 0 Å². The highest BCUT2D eigenvalue weighted by molar-refractivity contribution is 7.99. The van der Waals surface area contributed by atoms with Crippen LogP contribution < -0.4 is 16.0 Å². The van der Waals surface area contributed by atoms with Crippen LogP contribution in [0.1, 0.15) is 107 Å². The van der Waals surface area contributed by atoms with Gasteiger partial charge in [-0.25, -0.2) is 0 Å². The summed E-state index contributed by atoms with van der Waals surface area (Å²) in [7, 11) is 0. The first-order valence-corrected chi connectivity index (χ1v) is 18.3. The molecule has 12 nitrogen and oxygen atoms in total. The molecule has 0 atom stereocenters. The molecule has 0 unspecified atom stereocenters. The number of thioether (sulfide) groups is 1. The molecule has 1 aliphatic rings. The summed E-state index contributed by atoms with van der Waals surface area (Å²) in [6, 6.07) is 0. The first-order valence-electron chi connectivity index (χ1n) is 17.1. The van der Waals surface area contributed by atoms with E-state index < -0.39 is 28.4 Å². The van der Waals surface area contributed by atoms with Gasteiger partial charge in [0.15, 0.2) is 0 Å². The number of ketones is 1. The molecule has 0 saturated heterocycles. The molecular weight excluding hydrogens is 636 g/mol. The third-order valence-corrected chi connectivity index (χ3v) is 8.40. The molecule has 0 fully saturated rings. The Morgan fingerprint density at radius 1 is 0.792 bits per heavy atom. The van der Waals surface area contributed by atoms with Crippen LogP contribution in [-0.2, 0) is 38.2 Å². The number of rotatable bonds is 25. The number of hydrogen-bond donors (Lipinski definition) is 3. The van der Waals surface area contributed by atoms with Crippen molar-refractivity contribution in [3.05, 3.63) is 12.2 Å². The van der Waals surface area contributed by atoms with Gasteiger partial charge in [0, 0.05) is 75.4 Å². The van der Waals surface area contributed by atoms with Crippen molar-refractivity contribution in [1.29, 1.82) is 0 Å². The number of amides is 5. The molecule has 0 saturated carbocycles. The maximum atomic E-state index is 12.8. The summed E-state index contributed by atoms with van der Waals surface area (Å²) in [5, 5.41) is 8.71. The molecule has 3 N–H and O–H groups in total. The highest BCUT2D eigenvalue weighted by Gasteiger charge is 2.29. The topological polar surface area (TPSA) is 160 Å². The van der Waals surface area contributed by atoms with E-state index in [9.17, 15) is 28.8 Å². The van der Waals surface area contributed by atoms with Crippen molar-refractivity contribution < 1.29 is 38.2 Å². The monoisotopic (exact) mass is 698 g/mol. The molecular formula is C35H62N4O8S. The van der Waals surface area contributed by atoms with Gasteiger partial charge in [-0.3, -0.25) is 33.7 Å². The fourth-order valence-corrected chi connectivity index (χ4v) is 5.26. The summed E-state index contributed by atoms with van der Waals surface area (Å²) >= 11 is 1.74. The lowest BCUT2D eigenvalue weighted by molar-refractivity contribution is -0.137. The average Bonchev–Trinajstić information content (AvgIpc) is 3.32. The fraction of sp³-hybridized carbons (Fsp3) is 0.771. The molecule has 0 aromatic heterocycles. The van der Waals surface area contributed by atoms with Gasteiger partial charge in [0.05, 0.1) is 17.7 Å². The molecule has 1 heterocycles. The molecule has 0 aliphatic carbocycles. The molecule has 1 aliphatic heterocycles. The molecule has 0 aromatic rings. The van der Waals surface area contributed by atoms with E-state index in [0.29, 0.717) is 58.6 Å². The SMILES string of the molecule is CC.CC(=O)CCSCCCOCC(C)(C)NC(=O)CCCNC(=O)C(C)(C)CCOC(C)(C)CCNC(=O)CCN1C(=O)C=CC1=O.